The van der Waals surface area contributed by atoms with E-state index in [4.69, 9.17) is 4.74 Å². The molecule has 0 saturated heterocycles. The van der Waals surface area contributed by atoms with Crippen molar-refractivity contribution in [3.8, 4) is 5.75 Å². The van der Waals surface area contributed by atoms with Crippen LogP contribution in [0.3, 0.4) is 0 Å². The van der Waals surface area contributed by atoms with Gasteiger partial charge in [-0.2, -0.15) is 0 Å². The van der Waals surface area contributed by atoms with E-state index in [-0.39, 0.29) is 4.90 Å². The predicted molar refractivity (Wildman–Crippen MR) is 93.3 cm³/mol. The number of halogens is 3. The Bertz CT molecular complexity index is 778. The molecule has 2 aromatic rings. The third-order valence-electron chi connectivity index (χ3n) is 2.61. The van der Waals surface area contributed by atoms with Gasteiger partial charge >= 0.3 is 0 Å². The molecule has 0 radical (unpaired) electrons. The van der Waals surface area contributed by atoms with Gasteiger partial charge in [0.1, 0.15) is 5.75 Å². The minimum absolute atomic E-state index is 0.144. The Balaban J connectivity index is 2.36. The second kappa shape index (κ2) is 6.68. The molecule has 21 heavy (non-hydrogen) atoms. The Labute approximate surface area is 148 Å². The summed E-state index contributed by atoms with van der Waals surface area (Å²) < 4.78 is 34.5. The van der Waals surface area contributed by atoms with Crippen molar-refractivity contribution in [3.63, 3.8) is 0 Å². The lowest BCUT2D eigenvalue weighted by Gasteiger charge is -2.11. The summed E-state index contributed by atoms with van der Waals surface area (Å²) in [5.74, 6) is 0.568. The molecule has 8 heteroatoms. The van der Waals surface area contributed by atoms with Gasteiger partial charge in [-0.1, -0.05) is 15.9 Å². The maximum Gasteiger partial charge on any atom is 0.261 e. The van der Waals surface area contributed by atoms with Crippen molar-refractivity contribution in [2.24, 2.45) is 0 Å². The van der Waals surface area contributed by atoms with Crippen LogP contribution < -0.4 is 9.46 Å². The first-order valence-electron chi connectivity index (χ1n) is 5.65. The Morgan fingerprint density at radius 1 is 1.00 bits per heavy atom. The van der Waals surface area contributed by atoms with Gasteiger partial charge in [0, 0.05) is 8.95 Å². The van der Waals surface area contributed by atoms with E-state index in [1.54, 1.807) is 24.3 Å². The average molecular weight is 500 g/mol. The molecule has 1 N–H and O–H groups in total. The number of nitrogens with one attached hydrogen (secondary N) is 1. The van der Waals surface area contributed by atoms with Crippen LogP contribution in [-0.2, 0) is 10.0 Å². The highest BCUT2D eigenvalue weighted by Gasteiger charge is 2.17. The highest BCUT2D eigenvalue weighted by Crippen LogP contribution is 2.31. The molecule has 0 heterocycles. The molecule has 0 aliphatic heterocycles. The van der Waals surface area contributed by atoms with Gasteiger partial charge in [0.25, 0.3) is 10.0 Å². The summed E-state index contributed by atoms with van der Waals surface area (Å²) in [6.07, 6.45) is 0. The summed E-state index contributed by atoms with van der Waals surface area (Å²) in [4.78, 5) is 0.144. The maximum atomic E-state index is 12.4. The maximum absolute atomic E-state index is 12.4. The van der Waals surface area contributed by atoms with E-state index in [0.29, 0.717) is 20.4 Å². The molecule has 0 atom stereocenters. The number of ether oxygens (including phenoxy) is 1. The summed E-state index contributed by atoms with van der Waals surface area (Å²) in [5, 5.41) is 0. The highest BCUT2D eigenvalue weighted by atomic mass is 79.9. The van der Waals surface area contributed by atoms with E-state index in [2.05, 4.69) is 52.5 Å². The summed E-state index contributed by atoms with van der Waals surface area (Å²) in [6.45, 7) is 0. The lowest BCUT2D eigenvalue weighted by atomic mass is 10.3. The number of methoxy groups -OCH3 is 1. The summed E-state index contributed by atoms with van der Waals surface area (Å²) >= 11 is 9.92. The molecule has 0 fully saturated rings. The summed E-state index contributed by atoms with van der Waals surface area (Å²) in [6, 6.07) is 9.76. The zero-order chi connectivity index (χ0) is 15.6. The molecule has 2 aromatic carbocycles. The van der Waals surface area contributed by atoms with Crippen molar-refractivity contribution in [1.82, 2.24) is 0 Å². The molecule has 0 saturated carbocycles. The molecule has 0 spiro atoms. The molecular formula is C13H10Br3NO3S. The van der Waals surface area contributed by atoms with E-state index in [9.17, 15) is 8.42 Å². The SMILES string of the molecule is COc1ccc(S(=O)(=O)Nc2ccc(Br)cc2Br)cc1Br. The normalized spacial score (nSPS) is 11.2. The number of hydrogen-bond donors (Lipinski definition) is 1. The first-order chi connectivity index (χ1) is 9.83. The first kappa shape index (κ1) is 16.8. The van der Waals surface area contributed by atoms with Crippen LogP contribution in [-0.4, -0.2) is 15.5 Å². The molecule has 0 aromatic heterocycles. The quantitative estimate of drug-likeness (QED) is 0.658. The van der Waals surface area contributed by atoms with Crippen LogP contribution >= 0.6 is 47.8 Å². The zero-order valence-electron chi connectivity index (χ0n) is 10.7. The molecule has 2 rings (SSSR count). The van der Waals surface area contributed by atoms with Gasteiger partial charge < -0.3 is 4.74 Å². The second-order valence-corrected chi connectivity index (χ2v) is 8.33. The van der Waals surface area contributed by atoms with Crippen LogP contribution in [0.4, 0.5) is 5.69 Å². The van der Waals surface area contributed by atoms with E-state index in [1.165, 1.54) is 19.2 Å². The van der Waals surface area contributed by atoms with Crippen LogP contribution in [0.25, 0.3) is 0 Å². The number of sulfonamides is 1. The van der Waals surface area contributed by atoms with E-state index < -0.39 is 10.0 Å². The van der Waals surface area contributed by atoms with Gasteiger partial charge in [-0.15, -0.1) is 0 Å². The van der Waals surface area contributed by atoms with Crippen LogP contribution in [0, 0.1) is 0 Å². The Morgan fingerprint density at radius 3 is 2.29 bits per heavy atom. The van der Waals surface area contributed by atoms with Crippen molar-refractivity contribution in [3.05, 3.63) is 49.8 Å². The number of rotatable bonds is 4. The van der Waals surface area contributed by atoms with Gasteiger partial charge in [0.05, 0.1) is 22.2 Å². The van der Waals surface area contributed by atoms with Gasteiger partial charge in [-0.3, -0.25) is 4.72 Å². The Morgan fingerprint density at radius 2 is 1.71 bits per heavy atom. The lowest BCUT2D eigenvalue weighted by Crippen LogP contribution is -2.13. The van der Waals surface area contributed by atoms with Gasteiger partial charge in [0.15, 0.2) is 0 Å². The predicted octanol–water partition coefficient (Wildman–Crippen LogP) is 4.78. The number of benzene rings is 2. The summed E-state index contributed by atoms with van der Waals surface area (Å²) in [7, 11) is -2.16. The van der Waals surface area contributed by atoms with Crippen molar-refractivity contribution in [2.75, 3.05) is 11.8 Å². The van der Waals surface area contributed by atoms with E-state index in [0.717, 1.165) is 4.47 Å². The fraction of sp³-hybridized carbons (Fsp3) is 0.0769. The fourth-order valence-corrected chi connectivity index (χ4v) is 4.67. The van der Waals surface area contributed by atoms with Gasteiger partial charge in [-0.05, 0) is 68.3 Å². The largest absolute Gasteiger partial charge is 0.496 e. The Kier molecular flexibility index (Phi) is 5.34. The summed E-state index contributed by atoms with van der Waals surface area (Å²) in [5.41, 5.74) is 0.463. The zero-order valence-corrected chi connectivity index (χ0v) is 16.3. The van der Waals surface area contributed by atoms with Gasteiger partial charge in [-0.25, -0.2) is 8.42 Å². The third kappa shape index (κ3) is 4.00. The number of anilines is 1. The monoisotopic (exact) mass is 497 g/mol. The standard InChI is InChI=1S/C13H10Br3NO3S/c1-20-13-5-3-9(7-11(13)16)21(18,19)17-12-4-2-8(14)6-10(12)15/h2-7,17H,1H3. The fourth-order valence-electron chi connectivity index (χ4n) is 1.59. The van der Waals surface area contributed by atoms with Crippen molar-refractivity contribution < 1.29 is 13.2 Å². The van der Waals surface area contributed by atoms with Crippen molar-refractivity contribution >= 4 is 63.5 Å². The molecule has 0 amide bonds. The minimum Gasteiger partial charge on any atom is -0.496 e. The Hall–Kier alpha value is -0.570. The van der Waals surface area contributed by atoms with Gasteiger partial charge in [0.2, 0.25) is 0 Å². The third-order valence-corrected chi connectivity index (χ3v) is 5.74. The smallest absolute Gasteiger partial charge is 0.261 e. The molecule has 0 aliphatic carbocycles. The molecule has 4 nitrogen and oxygen atoms in total. The molecule has 0 aliphatic rings. The molecular weight excluding hydrogens is 490 g/mol. The van der Waals surface area contributed by atoms with E-state index >= 15 is 0 Å². The van der Waals surface area contributed by atoms with Crippen molar-refractivity contribution in [2.45, 2.75) is 4.90 Å². The second-order valence-electron chi connectivity index (χ2n) is 4.03. The molecule has 112 valence electrons. The van der Waals surface area contributed by atoms with Crippen LogP contribution in [0.5, 0.6) is 5.75 Å². The molecule has 0 unspecified atom stereocenters. The van der Waals surface area contributed by atoms with Crippen LogP contribution in [0.1, 0.15) is 0 Å². The lowest BCUT2D eigenvalue weighted by molar-refractivity contribution is 0.411. The highest BCUT2D eigenvalue weighted by molar-refractivity contribution is 9.11. The van der Waals surface area contributed by atoms with Crippen LogP contribution in [0.2, 0.25) is 0 Å². The first-order valence-corrected chi connectivity index (χ1v) is 9.51. The van der Waals surface area contributed by atoms with Crippen molar-refractivity contribution in [1.29, 1.82) is 0 Å². The van der Waals surface area contributed by atoms with E-state index in [1.807, 2.05) is 0 Å². The average Bonchev–Trinajstić information content (AvgIpc) is 2.42. The minimum atomic E-state index is -3.68. The van der Waals surface area contributed by atoms with Crippen LogP contribution in [0.15, 0.2) is 54.7 Å². The topological polar surface area (TPSA) is 55.4 Å². The number of hydrogen-bond acceptors (Lipinski definition) is 3. The molecule has 0 bridgehead atoms.